The van der Waals surface area contributed by atoms with Crippen molar-refractivity contribution in [2.75, 3.05) is 0 Å². The Bertz CT molecular complexity index is 1240. The molecule has 0 saturated carbocycles. The monoisotopic (exact) mass is 391 g/mol. The average Bonchev–Trinajstić information content (AvgIpc) is 3.25. The molecule has 0 atom stereocenters. The Kier molecular flexibility index (Phi) is 4.47. The second kappa shape index (κ2) is 6.83. The maximum absolute atomic E-state index is 12.8. The third-order valence-electron chi connectivity index (χ3n) is 4.46. The summed E-state index contributed by atoms with van der Waals surface area (Å²) in [5.74, 6) is 0. The van der Waals surface area contributed by atoms with Gasteiger partial charge in [0.1, 0.15) is 0 Å². The standard InChI is InChI=1S/C21H21N5OS/c1-13-18(24-23-16-10-9-14-7-5-6-8-15(14)11-16)19(27)26(25-13)20-22-12-17(28-20)21(2,3)4/h5-12,25H,1-4H3. The molecule has 0 amide bonds. The Labute approximate surface area is 166 Å². The van der Waals surface area contributed by atoms with Gasteiger partial charge in [0.2, 0.25) is 5.13 Å². The van der Waals surface area contributed by atoms with Crippen molar-refractivity contribution in [2.45, 2.75) is 33.1 Å². The van der Waals surface area contributed by atoms with E-state index in [0.717, 1.165) is 15.6 Å². The fourth-order valence-corrected chi connectivity index (χ4v) is 3.79. The fourth-order valence-electron chi connectivity index (χ4n) is 2.85. The molecule has 28 heavy (non-hydrogen) atoms. The summed E-state index contributed by atoms with van der Waals surface area (Å²) >= 11 is 1.49. The van der Waals surface area contributed by atoms with Crippen LogP contribution in [0.1, 0.15) is 31.3 Å². The zero-order chi connectivity index (χ0) is 19.9. The fraction of sp³-hybridized carbons (Fsp3) is 0.238. The number of aryl methyl sites for hydroxylation is 1. The maximum Gasteiger partial charge on any atom is 0.301 e. The minimum Gasteiger partial charge on any atom is -0.291 e. The summed E-state index contributed by atoms with van der Waals surface area (Å²) in [6, 6.07) is 13.9. The van der Waals surface area contributed by atoms with Crippen LogP contribution in [0.3, 0.4) is 0 Å². The van der Waals surface area contributed by atoms with Gasteiger partial charge in [-0.1, -0.05) is 62.4 Å². The molecule has 0 aliphatic rings. The second-order valence-electron chi connectivity index (χ2n) is 7.71. The lowest BCUT2D eigenvalue weighted by Crippen LogP contribution is -2.13. The number of hydrogen-bond donors (Lipinski definition) is 1. The quantitative estimate of drug-likeness (QED) is 0.448. The van der Waals surface area contributed by atoms with Crippen LogP contribution in [0.2, 0.25) is 0 Å². The molecule has 2 aromatic carbocycles. The molecule has 0 spiro atoms. The van der Waals surface area contributed by atoms with Gasteiger partial charge < -0.3 is 0 Å². The van der Waals surface area contributed by atoms with Gasteiger partial charge in [-0.2, -0.15) is 9.80 Å². The van der Waals surface area contributed by atoms with Crippen LogP contribution in [0, 0.1) is 6.92 Å². The first kappa shape index (κ1) is 18.3. The molecule has 1 N–H and O–H groups in total. The summed E-state index contributed by atoms with van der Waals surface area (Å²) in [6.07, 6.45) is 1.82. The summed E-state index contributed by atoms with van der Waals surface area (Å²) in [6.45, 7) is 8.17. The van der Waals surface area contributed by atoms with Crippen LogP contribution in [0.5, 0.6) is 0 Å². The molecule has 0 saturated heterocycles. The van der Waals surface area contributed by atoms with Crippen molar-refractivity contribution in [1.29, 1.82) is 0 Å². The molecule has 0 radical (unpaired) electrons. The van der Waals surface area contributed by atoms with Gasteiger partial charge >= 0.3 is 5.56 Å². The number of nitrogens with zero attached hydrogens (tertiary/aromatic N) is 4. The average molecular weight is 392 g/mol. The Morgan fingerprint density at radius 2 is 1.82 bits per heavy atom. The molecule has 4 rings (SSSR count). The van der Waals surface area contributed by atoms with Gasteiger partial charge in [-0.25, -0.2) is 4.98 Å². The van der Waals surface area contributed by atoms with Crippen LogP contribution in [0.15, 0.2) is 63.7 Å². The number of rotatable bonds is 3. The first-order valence-corrected chi connectivity index (χ1v) is 9.83. The van der Waals surface area contributed by atoms with Gasteiger partial charge in [-0.3, -0.25) is 9.89 Å². The predicted octanol–water partition coefficient (Wildman–Crippen LogP) is 5.80. The Hall–Kier alpha value is -3.06. The van der Waals surface area contributed by atoms with E-state index in [0.29, 0.717) is 22.2 Å². The summed E-state index contributed by atoms with van der Waals surface area (Å²) in [7, 11) is 0. The van der Waals surface area contributed by atoms with Crippen molar-refractivity contribution >= 4 is 33.5 Å². The SMILES string of the molecule is Cc1[nH]n(-c2ncc(C(C)(C)C)s2)c(=O)c1N=Nc1ccc2ccccc2c1. The normalized spacial score (nSPS) is 12.3. The number of aromatic amines is 1. The van der Waals surface area contributed by atoms with Crippen LogP contribution in [-0.2, 0) is 5.41 Å². The number of aromatic nitrogens is 3. The van der Waals surface area contributed by atoms with Crippen LogP contribution < -0.4 is 5.56 Å². The van der Waals surface area contributed by atoms with Crippen molar-refractivity contribution in [2.24, 2.45) is 10.2 Å². The third-order valence-corrected chi connectivity index (χ3v) is 5.87. The Morgan fingerprint density at radius 1 is 1.07 bits per heavy atom. The lowest BCUT2D eigenvalue weighted by Gasteiger charge is -2.14. The third kappa shape index (κ3) is 3.41. The van der Waals surface area contributed by atoms with Gasteiger partial charge in [-0.05, 0) is 35.2 Å². The minimum absolute atomic E-state index is 0.0141. The first-order valence-electron chi connectivity index (χ1n) is 9.02. The lowest BCUT2D eigenvalue weighted by atomic mass is 9.96. The zero-order valence-electron chi connectivity index (χ0n) is 16.2. The summed E-state index contributed by atoms with van der Waals surface area (Å²) < 4.78 is 1.43. The Morgan fingerprint density at radius 3 is 2.54 bits per heavy atom. The van der Waals surface area contributed by atoms with E-state index in [1.807, 2.05) is 55.6 Å². The van der Waals surface area contributed by atoms with E-state index in [4.69, 9.17) is 0 Å². The highest BCUT2D eigenvalue weighted by Gasteiger charge is 2.20. The van der Waals surface area contributed by atoms with Crippen molar-refractivity contribution < 1.29 is 0 Å². The van der Waals surface area contributed by atoms with Gasteiger partial charge in [0, 0.05) is 11.1 Å². The number of fused-ring (bicyclic) bond motifs is 1. The molecule has 0 unspecified atom stereocenters. The van der Waals surface area contributed by atoms with Crippen molar-refractivity contribution in [3.63, 3.8) is 0 Å². The van der Waals surface area contributed by atoms with Crippen molar-refractivity contribution in [3.05, 3.63) is 69.6 Å². The Balaban J connectivity index is 1.68. The zero-order valence-corrected chi connectivity index (χ0v) is 17.0. The number of nitrogens with one attached hydrogen (secondary N) is 1. The summed E-state index contributed by atoms with van der Waals surface area (Å²) in [5, 5.41) is 14.4. The molecular weight excluding hydrogens is 370 g/mol. The molecule has 7 heteroatoms. The molecule has 0 fully saturated rings. The molecule has 0 aliphatic heterocycles. The topological polar surface area (TPSA) is 75.4 Å². The van der Waals surface area contributed by atoms with E-state index in [9.17, 15) is 4.79 Å². The van der Waals surface area contributed by atoms with Gasteiger partial charge in [0.05, 0.1) is 11.4 Å². The van der Waals surface area contributed by atoms with Crippen LogP contribution in [0.25, 0.3) is 15.9 Å². The molecular formula is C21H21N5OS. The number of hydrogen-bond acceptors (Lipinski definition) is 5. The molecule has 2 aromatic heterocycles. The van der Waals surface area contributed by atoms with E-state index < -0.39 is 0 Å². The molecule has 142 valence electrons. The number of benzene rings is 2. The van der Waals surface area contributed by atoms with Crippen molar-refractivity contribution in [1.82, 2.24) is 14.8 Å². The van der Waals surface area contributed by atoms with Gasteiger partial charge in [-0.15, -0.1) is 5.11 Å². The van der Waals surface area contributed by atoms with E-state index in [-0.39, 0.29) is 11.0 Å². The maximum atomic E-state index is 12.8. The lowest BCUT2D eigenvalue weighted by molar-refractivity contribution is 0.602. The summed E-state index contributed by atoms with van der Waals surface area (Å²) in [4.78, 5) is 18.3. The van der Waals surface area contributed by atoms with Crippen molar-refractivity contribution in [3.8, 4) is 5.13 Å². The second-order valence-corrected chi connectivity index (χ2v) is 8.72. The molecule has 6 nitrogen and oxygen atoms in total. The highest BCUT2D eigenvalue weighted by molar-refractivity contribution is 7.14. The highest BCUT2D eigenvalue weighted by Crippen LogP contribution is 2.29. The van der Waals surface area contributed by atoms with Crippen LogP contribution >= 0.6 is 11.3 Å². The van der Waals surface area contributed by atoms with E-state index in [1.54, 1.807) is 0 Å². The van der Waals surface area contributed by atoms with E-state index >= 15 is 0 Å². The molecule has 0 bridgehead atoms. The van der Waals surface area contributed by atoms with E-state index in [2.05, 4.69) is 41.1 Å². The highest BCUT2D eigenvalue weighted by atomic mass is 32.1. The van der Waals surface area contributed by atoms with Crippen LogP contribution in [0.4, 0.5) is 11.4 Å². The number of thiazole rings is 1. The largest absolute Gasteiger partial charge is 0.301 e. The molecule has 0 aliphatic carbocycles. The first-order chi connectivity index (χ1) is 13.3. The predicted molar refractivity (Wildman–Crippen MR) is 114 cm³/mol. The van der Waals surface area contributed by atoms with Crippen LogP contribution in [-0.4, -0.2) is 14.8 Å². The molecule has 4 aromatic rings. The summed E-state index contributed by atoms with van der Waals surface area (Å²) in [5.41, 5.74) is 1.38. The number of H-pyrrole nitrogens is 1. The molecule has 2 heterocycles. The van der Waals surface area contributed by atoms with Gasteiger partial charge in [0.25, 0.3) is 0 Å². The van der Waals surface area contributed by atoms with E-state index in [1.165, 1.54) is 16.0 Å². The minimum atomic E-state index is -0.253. The van der Waals surface area contributed by atoms with Gasteiger partial charge in [0.15, 0.2) is 5.69 Å². The smallest absolute Gasteiger partial charge is 0.291 e. The number of azo groups is 1.